The van der Waals surface area contributed by atoms with Crippen molar-refractivity contribution in [2.24, 2.45) is 0 Å². The van der Waals surface area contributed by atoms with Gasteiger partial charge < -0.3 is 0 Å². The van der Waals surface area contributed by atoms with Crippen molar-refractivity contribution in [2.45, 2.75) is 13.8 Å². The van der Waals surface area contributed by atoms with Gasteiger partial charge in [-0.25, -0.2) is 4.57 Å². The molecule has 0 atom stereocenters. The van der Waals surface area contributed by atoms with Gasteiger partial charge in [-0.2, -0.15) is 0 Å². The lowest BCUT2D eigenvalue weighted by atomic mass is 10.2. The highest BCUT2D eigenvalue weighted by molar-refractivity contribution is 7.59. The van der Waals surface area contributed by atoms with Crippen LogP contribution in [0.4, 0.5) is 0 Å². The summed E-state index contributed by atoms with van der Waals surface area (Å²) in [5.74, 6) is 2.75. The zero-order valence-corrected chi connectivity index (χ0v) is 11.4. The first-order valence-corrected chi connectivity index (χ1v) is 7.19. The van der Waals surface area contributed by atoms with Gasteiger partial charge in [-0.3, -0.25) is 9.05 Å². The fourth-order valence-electron chi connectivity index (χ4n) is 1.14. The molecule has 0 aromatic heterocycles. The summed E-state index contributed by atoms with van der Waals surface area (Å²) >= 11 is 5.82. The van der Waals surface area contributed by atoms with E-state index in [2.05, 4.69) is 11.6 Å². The predicted molar refractivity (Wildman–Crippen MR) is 69.2 cm³/mol. The van der Waals surface area contributed by atoms with Gasteiger partial charge in [0.2, 0.25) is 0 Å². The number of hydrogen-bond donors (Lipinski definition) is 0. The molecule has 0 saturated carbocycles. The summed E-state index contributed by atoms with van der Waals surface area (Å²) in [7, 11) is -3.30. The molecule has 0 aliphatic rings. The lowest BCUT2D eigenvalue weighted by Crippen LogP contribution is -1.93. The average molecular weight is 273 g/mol. The molecule has 0 fully saturated rings. The van der Waals surface area contributed by atoms with Gasteiger partial charge in [-0.1, -0.05) is 23.6 Å². The Hall–Kier alpha value is -0.780. The molecule has 0 saturated heterocycles. The maximum Gasteiger partial charge on any atom is 0.405 e. The first-order chi connectivity index (χ1) is 8.09. The van der Waals surface area contributed by atoms with Gasteiger partial charge in [-0.05, 0) is 32.0 Å². The standard InChI is InChI=1S/C12H14ClO3P/c1-3-15-17(14,16-4-2)9-8-11-6-5-7-12(13)10-11/h5-7,10H,3-4H2,1-2H3. The lowest BCUT2D eigenvalue weighted by molar-refractivity contribution is 0.230. The largest absolute Gasteiger partial charge is 0.405 e. The molecule has 17 heavy (non-hydrogen) atoms. The van der Waals surface area contributed by atoms with E-state index in [0.717, 1.165) is 0 Å². The van der Waals surface area contributed by atoms with Crippen molar-refractivity contribution in [2.75, 3.05) is 13.2 Å². The monoisotopic (exact) mass is 272 g/mol. The molecule has 0 heterocycles. The molecule has 0 unspecified atom stereocenters. The Morgan fingerprint density at radius 1 is 1.29 bits per heavy atom. The summed E-state index contributed by atoms with van der Waals surface area (Å²) in [5, 5.41) is 0.583. The normalized spacial score (nSPS) is 10.8. The first-order valence-electron chi connectivity index (χ1n) is 5.27. The average Bonchev–Trinajstić information content (AvgIpc) is 2.27. The summed E-state index contributed by atoms with van der Waals surface area (Å²) in [6.07, 6.45) is 0. The Bertz CT molecular complexity index is 466. The van der Waals surface area contributed by atoms with Crippen molar-refractivity contribution < 1.29 is 13.6 Å². The van der Waals surface area contributed by atoms with Crippen molar-refractivity contribution >= 4 is 19.2 Å². The van der Waals surface area contributed by atoms with E-state index in [0.29, 0.717) is 23.8 Å². The van der Waals surface area contributed by atoms with Gasteiger partial charge in [-0.15, -0.1) is 0 Å². The second-order valence-electron chi connectivity index (χ2n) is 3.08. The van der Waals surface area contributed by atoms with Crippen LogP contribution in [0.5, 0.6) is 0 Å². The molecule has 0 aliphatic carbocycles. The fourth-order valence-corrected chi connectivity index (χ4v) is 2.48. The van der Waals surface area contributed by atoms with Crippen LogP contribution in [-0.4, -0.2) is 13.2 Å². The van der Waals surface area contributed by atoms with Crippen LogP contribution in [0.15, 0.2) is 24.3 Å². The van der Waals surface area contributed by atoms with E-state index in [1.807, 2.05) is 0 Å². The Kier molecular flexibility index (Phi) is 5.74. The highest BCUT2D eigenvalue weighted by Gasteiger charge is 2.19. The van der Waals surface area contributed by atoms with Crippen LogP contribution in [-0.2, 0) is 13.6 Å². The molecule has 0 N–H and O–H groups in total. The smallest absolute Gasteiger partial charge is 0.300 e. The molecular weight excluding hydrogens is 259 g/mol. The van der Waals surface area contributed by atoms with E-state index in [1.165, 1.54) is 0 Å². The topological polar surface area (TPSA) is 35.5 Å². The van der Waals surface area contributed by atoms with E-state index in [1.54, 1.807) is 38.1 Å². The van der Waals surface area contributed by atoms with Crippen LogP contribution in [0.2, 0.25) is 5.02 Å². The minimum atomic E-state index is -3.30. The summed E-state index contributed by atoms with van der Waals surface area (Å²) in [4.78, 5) is 0. The summed E-state index contributed by atoms with van der Waals surface area (Å²) in [6.45, 7) is 4.07. The van der Waals surface area contributed by atoms with E-state index in [4.69, 9.17) is 20.6 Å². The van der Waals surface area contributed by atoms with Crippen LogP contribution in [0.25, 0.3) is 0 Å². The van der Waals surface area contributed by atoms with Crippen molar-refractivity contribution in [1.29, 1.82) is 0 Å². The Morgan fingerprint density at radius 3 is 2.47 bits per heavy atom. The Balaban J connectivity index is 2.91. The van der Waals surface area contributed by atoms with Gasteiger partial charge >= 0.3 is 7.60 Å². The molecule has 1 aromatic rings. The van der Waals surface area contributed by atoms with Crippen molar-refractivity contribution in [3.8, 4) is 11.6 Å². The van der Waals surface area contributed by atoms with E-state index < -0.39 is 7.60 Å². The molecule has 1 rings (SSSR count). The molecule has 0 spiro atoms. The Labute approximate surface area is 107 Å². The molecule has 0 amide bonds. The van der Waals surface area contributed by atoms with Gasteiger partial charge in [0.25, 0.3) is 0 Å². The van der Waals surface area contributed by atoms with Crippen LogP contribution in [0.3, 0.4) is 0 Å². The van der Waals surface area contributed by atoms with Crippen LogP contribution in [0.1, 0.15) is 19.4 Å². The molecule has 5 heteroatoms. The third kappa shape index (κ3) is 4.93. The highest BCUT2D eigenvalue weighted by atomic mass is 35.5. The maximum atomic E-state index is 12.0. The SMILES string of the molecule is CCOP(=O)(C#Cc1cccc(Cl)c1)OCC. The van der Waals surface area contributed by atoms with E-state index in [9.17, 15) is 4.57 Å². The second kappa shape index (κ2) is 6.83. The van der Waals surface area contributed by atoms with Crippen molar-refractivity contribution in [1.82, 2.24) is 0 Å². The molecule has 0 radical (unpaired) electrons. The zero-order valence-electron chi connectivity index (χ0n) is 9.77. The maximum absolute atomic E-state index is 12.0. The lowest BCUT2D eigenvalue weighted by Gasteiger charge is -2.09. The minimum Gasteiger partial charge on any atom is -0.300 e. The van der Waals surface area contributed by atoms with Gasteiger partial charge in [0.05, 0.1) is 13.2 Å². The molecule has 92 valence electrons. The third-order valence-corrected chi connectivity index (χ3v) is 3.58. The van der Waals surface area contributed by atoms with Crippen LogP contribution < -0.4 is 0 Å². The molecular formula is C12H14ClO3P. The second-order valence-corrected chi connectivity index (χ2v) is 5.25. The zero-order chi connectivity index (χ0) is 12.7. The molecule has 0 bridgehead atoms. The van der Waals surface area contributed by atoms with Gasteiger partial charge in [0.15, 0.2) is 0 Å². The highest BCUT2D eigenvalue weighted by Crippen LogP contribution is 2.46. The quantitative estimate of drug-likeness (QED) is 0.616. The van der Waals surface area contributed by atoms with E-state index in [-0.39, 0.29) is 0 Å². The number of benzene rings is 1. The summed E-state index contributed by atoms with van der Waals surface area (Å²) in [5.41, 5.74) is 3.22. The first kappa shape index (κ1) is 14.3. The molecule has 3 nitrogen and oxygen atoms in total. The number of hydrogen-bond acceptors (Lipinski definition) is 3. The van der Waals surface area contributed by atoms with Crippen LogP contribution in [0, 0.1) is 11.6 Å². The van der Waals surface area contributed by atoms with Crippen LogP contribution >= 0.6 is 19.2 Å². The minimum absolute atomic E-state index is 0.293. The molecule has 1 aromatic carbocycles. The number of rotatable bonds is 4. The van der Waals surface area contributed by atoms with Crippen molar-refractivity contribution in [3.63, 3.8) is 0 Å². The predicted octanol–water partition coefficient (Wildman–Crippen LogP) is 3.92. The fraction of sp³-hybridized carbons (Fsp3) is 0.333. The van der Waals surface area contributed by atoms with Gasteiger partial charge in [0.1, 0.15) is 0 Å². The summed E-state index contributed by atoms with van der Waals surface area (Å²) < 4.78 is 22.1. The Morgan fingerprint density at radius 2 is 1.94 bits per heavy atom. The van der Waals surface area contributed by atoms with E-state index >= 15 is 0 Å². The number of halogens is 1. The summed E-state index contributed by atoms with van der Waals surface area (Å²) in [6, 6.07) is 6.99. The molecule has 0 aliphatic heterocycles. The van der Waals surface area contributed by atoms with Gasteiger partial charge in [0, 0.05) is 16.2 Å². The van der Waals surface area contributed by atoms with Crippen molar-refractivity contribution in [3.05, 3.63) is 34.9 Å². The third-order valence-electron chi connectivity index (χ3n) is 1.76.